The van der Waals surface area contributed by atoms with Gasteiger partial charge in [-0.25, -0.2) is 4.79 Å². The van der Waals surface area contributed by atoms with Gasteiger partial charge < -0.3 is 10.4 Å². The lowest BCUT2D eigenvalue weighted by molar-refractivity contribution is -0.148. The zero-order valence-corrected chi connectivity index (χ0v) is 9.80. The molecule has 0 aliphatic rings. The van der Waals surface area contributed by atoms with Crippen LogP contribution in [-0.2, 0) is 9.59 Å². The summed E-state index contributed by atoms with van der Waals surface area (Å²) in [6.07, 6.45) is 2.97. The fourth-order valence-corrected chi connectivity index (χ4v) is 1.45. The van der Waals surface area contributed by atoms with Crippen molar-refractivity contribution in [2.24, 2.45) is 0 Å². The van der Waals surface area contributed by atoms with E-state index in [1.54, 1.807) is 13.8 Å². The Morgan fingerprint density at radius 1 is 1.20 bits per heavy atom. The SMILES string of the molecule is CCCCC(=O)NC(CC)(CC)C(=O)O. The third kappa shape index (κ3) is 3.90. The number of hydrogen-bond donors (Lipinski definition) is 2. The summed E-state index contributed by atoms with van der Waals surface area (Å²) in [4.78, 5) is 22.5. The van der Waals surface area contributed by atoms with E-state index < -0.39 is 11.5 Å². The number of nitrogens with one attached hydrogen (secondary N) is 1. The molecule has 2 N–H and O–H groups in total. The Kier molecular flexibility index (Phi) is 5.97. The first-order valence-corrected chi connectivity index (χ1v) is 5.56. The monoisotopic (exact) mass is 215 g/mol. The van der Waals surface area contributed by atoms with Crippen LogP contribution in [0.15, 0.2) is 0 Å². The Bertz CT molecular complexity index is 222. The van der Waals surface area contributed by atoms with Crippen molar-refractivity contribution in [1.29, 1.82) is 0 Å². The van der Waals surface area contributed by atoms with Crippen LogP contribution in [0.3, 0.4) is 0 Å². The highest BCUT2D eigenvalue weighted by Gasteiger charge is 2.35. The molecule has 0 aliphatic heterocycles. The lowest BCUT2D eigenvalue weighted by Crippen LogP contribution is -2.53. The fraction of sp³-hybridized carbons (Fsp3) is 0.818. The second-order valence-electron chi connectivity index (χ2n) is 3.75. The first kappa shape index (κ1) is 13.9. The number of carbonyl (C=O) groups excluding carboxylic acids is 1. The molecular formula is C11H21NO3. The average Bonchev–Trinajstić information content (AvgIpc) is 2.22. The first-order chi connectivity index (χ1) is 7.02. The highest BCUT2D eigenvalue weighted by molar-refractivity contribution is 5.86. The number of carboxylic acid groups (broad SMARTS) is 1. The van der Waals surface area contributed by atoms with Crippen molar-refractivity contribution >= 4 is 11.9 Å². The van der Waals surface area contributed by atoms with Gasteiger partial charge in [-0.3, -0.25) is 4.79 Å². The fourth-order valence-electron chi connectivity index (χ4n) is 1.45. The molecule has 0 unspecified atom stereocenters. The predicted octanol–water partition coefficient (Wildman–Crippen LogP) is 1.94. The van der Waals surface area contributed by atoms with Gasteiger partial charge in [0.15, 0.2) is 0 Å². The molecule has 0 bridgehead atoms. The molecule has 0 aromatic heterocycles. The van der Waals surface area contributed by atoms with Gasteiger partial charge in [0.25, 0.3) is 0 Å². The molecule has 0 saturated carbocycles. The lowest BCUT2D eigenvalue weighted by atomic mass is 9.92. The van der Waals surface area contributed by atoms with Gasteiger partial charge in [0.2, 0.25) is 5.91 Å². The number of carboxylic acids is 1. The molecule has 0 aliphatic carbocycles. The van der Waals surface area contributed by atoms with E-state index in [1.165, 1.54) is 0 Å². The molecule has 0 aromatic rings. The van der Waals surface area contributed by atoms with E-state index in [9.17, 15) is 9.59 Å². The topological polar surface area (TPSA) is 66.4 Å². The van der Waals surface area contributed by atoms with Crippen molar-refractivity contribution in [3.63, 3.8) is 0 Å². The van der Waals surface area contributed by atoms with Crippen LogP contribution in [0.2, 0.25) is 0 Å². The van der Waals surface area contributed by atoms with Crippen molar-refractivity contribution in [1.82, 2.24) is 5.32 Å². The zero-order valence-electron chi connectivity index (χ0n) is 9.80. The standard InChI is InChI=1S/C11H21NO3/c1-4-7-8-9(13)12-11(5-2,6-3)10(14)15/h4-8H2,1-3H3,(H,12,13)(H,14,15). The lowest BCUT2D eigenvalue weighted by Gasteiger charge is -2.28. The summed E-state index contributed by atoms with van der Waals surface area (Å²) >= 11 is 0. The Morgan fingerprint density at radius 2 is 1.73 bits per heavy atom. The van der Waals surface area contributed by atoms with Crippen molar-refractivity contribution in [3.05, 3.63) is 0 Å². The number of hydrogen-bond acceptors (Lipinski definition) is 2. The molecule has 4 nitrogen and oxygen atoms in total. The molecule has 0 heterocycles. The van der Waals surface area contributed by atoms with Gasteiger partial charge in [0, 0.05) is 6.42 Å². The molecule has 1 amide bonds. The largest absolute Gasteiger partial charge is 0.480 e. The summed E-state index contributed by atoms with van der Waals surface area (Å²) < 4.78 is 0. The van der Waals surface area contributed by atoms with Gasteiger partial charge in [-0.2, -0.15) is 0 Å². The van der Waals surface area contributed by atoms with Crippen LogP contribution in [0.5, 0.6) is 0 Å². The van der Waals surface area contributed by atoms with E-state index in [4.69, 9.17) is 5.11 Å². The smallest absolute Gasteiger partial charge is 0.329 e. The van der Waals surface area contributed by atoms with Crippen molar-refractivity contribution < 1.29 is 14.7 Å². The van der Waals surface area contributed by atoms with E-state index in [0.29, 0.717) is 19.3 Å². The van der Waals surface area contributed by atoms with Crippen LogP contribution in [0.1, 0.15) is 52.9 Å². The van der Waals surface area contributed by atoms with E-state index in [-0.39, 0.29) is 5.91 Å². The number of rotatable bonds is 7. The summed E-state index contributed by atoms with van der Waals surface area (Å²) in [7, 11) is 0. The Balaban J connectivity index is 4.40. The van der Waals surface area contributed by atoms with Crippen LogP contribution in [0.25, 0.3) is 0 Å². The number of carbonyl (C=O) groups is 2. The Morgan fingerprint density at radius 3 is 2.07 bits per heavy atom. The van der Waals surface area contributed by atoms with Crippen molar-refractivity contribution in [3.8, 4) is 0 Å². The van der Waals surface area contributed by atoms with Gasteiger partial charge >= 0.3 is 5.97 Å². The number of amides is 1. The van der Waals surface area contributed by atoms with Crippen molar-refractivity contribution in [2.75, 3.05) is 0 Å². The molecular weight excluding hydrogens is 194 g/mol. The van der Waals surface area contributed by atoms with Crippen LogP contribution < -0.4 is 5.32 Å². The van der Waals surface area contributed by atoms with E-state index in [2.05, 4.69) is 5.32 Å². The minimum Gasteiger partial charge on any atom is -0.480 e. The molecule has 4 heteroatoms. The third-order valence-corrected chi connectivity index (χ3v) is 2.75. The van der Waals surface area contributed by atoms with Crippen molar-refractivity contribution in [2.45, 2.75) is 58.4 Å². The summed E-state index contributed by atoms with van der Waals surface area (Å²) in [5.74, 6) is -1.11. The minimum atomic E-state index is -1.08. The average molecular weight is 215 g/mol. The molecule has 15 heavy (non-hydrogen) atoms. The van der Waals surface area contributed by atoms with Gasteiger partial charge in [-0.15, -0.1) is 0 Å². The zero-order chi connectivity index (χ0) is 11.9. The maximum atomic E-state index is 11.5. The van der Waals surface area contributed by atoms with Crippen LogP contribution in [-0.4, -0.2) is 22.5 Å². The van der Waals surface area contributed by atoms with Crippen LogP contribution in [0, 0.1) is 0 Å². The molecule has 0 radical (unpaired) electrons. The summed E-state index contributed by atoms with van der Waals surface area (Å²) in [5, 5.41) is 11.7. The van der Waals surface area contributed by atoms with Crippen LogP contribution in [0.4, 0.5) is 0 Å². The molecule has 0 fully saturated rings. The van der Waals surface area contributed by atoms with E-state index in [0.717, 1.165) is 12.8 Å². The molecule has 0 saturated heterocycles. The van der Waals surface area contributed by atoms with Gasteiger partial charge in [-0.05, 0) is 19.3 Å². The van der Waals surface area contributed by atoms with E-state index >= 15 is 0 Å². The third-order valence-electron chi connectivity index (χ3n) is 2.75. The van der Waals surface area contributed by atoms with Gasteiger partial charge in [0.05, 0.1) is 0 Å². The predicted molar refractivity (Wildman–Crippen MR) is 58.6 cm³/mol. The maximum absolute atomic E-state index is 11.5. The quantitative estimate of drug-likeness (QED) is 0.682. The molecule has 0 aromatic carbocycles. The van der Waals surface area contributed by atoms with Gasteiger partial charge in [0.1, 0.15) is 5.54 Å². The molecule has 0 rings (SSSR count). The second kappa shape index (κ2) is 6.43. The number of unbranched alkanes of at least 4 members (excludes halogenated alkanes) is 1. The summed E-state index contributed by atoms with van der Waals surface area (Å²) in [6.45, 7) is 5.55. The molecule has 88 valence electrons. The maximum Gasteiger partial charge on any atom is 0.329 e. The molecule has 0 atom stereocenters. The highest BCUT2D eigenvalue weighted by Crippen LogP contribution is 2.15. The van der Waals surface area contributed by atoms with Gasteiger partial charge in [-0.1, -0.05) is 27.2 Å². The Labute approximate surface area is 91.1 Å². The minimum absolute atomic E-state index is 0.164. The van der Waals surface area contributed by atoms with Crippen LogP contribution >= 0.6 is 0 Å². The first-order valence-electron chi connectivity index (χ1n) is 5.56. The summed E-state index contributed by atoms with van der Waals surface area (Å²) in [5.41, 5.74) is -1.08. The van der Waals surface area contributed by atoms with E-state index in [1.807, 2.05) is 6.92 Å². The normalized spacial score (nSPS) is 11.1. The molecule has 0 spiro atoms. The Hall–Kier alpha value is -1.06. The second-order valence-corrected chi connectivity index (χ2v) is 3.75. The highest BCUT2D eigenvalue weighted by atomic mass is 16.4. The number of aliphatic carboxylic acids is 1. The summed E-state index contributed by atoms with van der Waals surface area (Å²) in [6, 6.07) is 0.